The molecule has 0 N–H and O–H groups in total. The molecule has 2 aromatic rings. The SMILES string of the molecule is COc1cc(OC)c(-c2nc(C=O)cs2)c(OC)c1. The van der Waals surface area contributed by atoms with Crippen LogP contribution >= 0.6 is 11.3 Å². The molecule has 6 heteroatoms. The predicted octanol–water partition coefficient (Wildman–Crippen LogP) is 2.65. The van der Waals surface area contributed by atoms with E-state index in [1.807, 2.05) is 0 Å². The first-order valence-electron chi connectivity index (χ1n) is 5.44. The number of aldehydes is 1. The van der Waals surface area contributed by atoms with Gasteiger partial charge in [0.05, 0.1) is 26.9 Å². The monoisotopic (exact) mass is 279 g/mol. The predicted molar refractivity (Wildman–Crippen MR) is 72.6 cm³/mol. The van der Waals surface area contributed by atoms with Crippen LogP contribution in [0.5, 0.6) is 17.2 Å². The molecule has 0 saturated heterocycles. The summed E-state index contributed by atoms with van der Waals surface area (Å²) in [6.07, 6.45) is 0.711. The van der Waals surface area contributed by atoms with Gasteiger partial charge in [-0.25, -0.2) is 4.98 Å². The number of nitrogens with zero attached hydrogens (tertiary/aromatic N) is 1. The third-order valence-corrected chi connectivity index (χ3v) is 3.45. The number of ether oxygens (including phenoxy) is 3. The Bertz CT molecular complexity index is 569. The van der Waals surface area contributed by atoms with Gasteiger partial charge in [0, 0.05) is 17.5 Å². The van der Waals surface area contributed by atoms with Crippen LogP contribution in [0.15, 0.2) is 17.5 Å². The second-order valence-corrected chi connectivity index (χ2v) is 4.46. The lowest BCUT2D eigenvalue weighted by molar-refractivity contribution is 0.111. The Morgan fingerprint density at radius 2 is 1.74 bits per heavy atom. The summed E-state index contributed by atoms with van der Waals surface area (Å²) in [6.45, 7) is 0. The fourth-order valence-electron chi connectivity index (χ4n) is 1.67. The molecule has 0 bridgehead atoms. The van der Waals surface area contributed by atoms with Crippen LogP contribution in [0.1, 0.15) is 10.5 Å². The number of methoxy groups -OCH3 is 3. The fraction of sp³-hybridized carbons (Fsp3) is 0.231. The molecule has 5 nitrogen and oxygen atoms in total. The maximum absolute atomic E-state index is 10.7. The van der Waals surface area contributed by atoms with Crippen molar-refractivity contribution in [1.29, 1.82) is 0 Å². The van der Waals surface area contributed by atoms with Gasteiger partial charge in [0.1, 0.15) is 28.0 Å². The highest BCUT2D eigenvalue weighted by Gasteiger charge is 2.18. The zero-order valence-electron chi connectivity index (χ0n) is 10.8. The molecule has 0 aliphatic carbocycles. The molecule has 19 heavy (non-hydrogen) atoms. The highest BCUT2D eigenvalue weighted by Crippen LogP contribution is 2.42. The molecular formula is C13H13NO4S. The molecule has 0 aliphatic heterocycles. The van der Waals surface area contributed by atoms with Crippen LogP contribution in [0.2, 0.25) is 0 Å². The molecule has 0 unspecified atom stereocenters. The molecule has 0 atom stereocenters. The molecule has 1 aromatic carbocycles. The van der Waals surface area contributed by atoms with Crippen LogP contribution in [0.25, 0.3) is 10.6 Å². The van der Waals surface area contributed by atoms with E-state index in [4.69, 9.17) is 14.2 Å². The first-order chi connectivity index (χ1) is 9.23. The average molecular weight is 279 g/mol. The minimum Gasteiger partial charge on any atom is -0.496 e. The minimum absolute atomic E-state index is 0.389. The molecule has 1 aromatic heterocycles. The van der Waals surface area contributed by atoms with E-state index in [0.29, 0.717) is 39.8 Å². The van der Waals surface area contributed by atoms with Crippen molar-refractivity contribution >= 4 is 17.6 Å². The molecule has 0 aliphatic rings. The van der Waals surface area contributed by atoms with Crippen molar-refractivity contribution in [2.45, 2.75) is 0 Å². The maximum atomic E-state index is 10.7. The molecule has 0 amide bonds. The number of thiazole rings is 1. The Balaban J connectivity index is 2.62. The number of aromatic nitrogens is 1. The number of hydrogen-bond acceptors (Lipinski definition) is 6. The molecule has 0 radical (unpaired) electrons. The largest absolute Gasteiger partial charge is 0.496 e. The number of hydrogen-bond donors (Lipinski definition) is 0. The highest BCUT2D eigenvalue weighted by molar-refractivity contribution is 7.13. The van der Waals surface area contributed by atoms with Gasteiger partial charge in [0.2, 0.25) is 0 Å². The Morgan fingerprint density at radius 1 is 1.11 bits per heavy atom. The van der Waals surface area contributed by atoms with Crippen molar-refractivity contribution in [1.82, 2.24) is 4.98 Å². The topological polar surface area (TPSA) is 57.7 Å². The summed E-state index contributed by atoms with van der Waals surface area (Å²) in [4.78, 5) is 14.9. The number of carbonyl (C=O) groups excluding carboxylic acids is 1. The lowest BCUT2D eigenvalue weighted by Crippen LogP contribution is -1.95. The van der Waals surface area contributed by atoms with E-state index in [1.54, 1.807) is 38.8 Å². The summed E-state index contributed by atoms with van der Waals surface area (Å²) in [5.41, 5.74) is 1.10. The molecule has 0 fully saturated rings. The van der Waals surface area contributed by atoms with E-state index >= 15 is 0 Å². The summed E-state index contributed by atoms with van der Waals surface area (Å²) in [7, 11) is 4.69. The van der Waals surface area contributed by atoms with Crippen LogP contribution in [-0.4, -0.2) is 32.6 Å². The van der Waals surface area contributed by atoms with Gasteiger partial charge in [-0.15, -0.1) is 11.3 Å². The van der Waals surface area contributed by atoms with Crippen LogP contribution in [0.4, 0.5) is 0 Å². The van der Waals surface area contributed by atoms with Gasteiger partial charge in [0.25, 0.3) is 0 Å². The van der Waals surface area contributed by atoms with Crippen molar-refractivity contribution in [3.8, 4) is 27.8 Å². The molecule has 1 heterocycles. The third-order valence-electron chi connectivity index (χ3n) is 2.57. The van der Waals surface area contributed by atoms with Gasteiger partial charge in [-0.05, 0) is 0 Å². The van der Waals surface area contributed by atoms with Gasteiger partial charge in [-0.2, -0.15) is 0 Å². The lowest BCUT2D eigenvalue weighted by Gasteiger charge is -2.13. The first-order valence-corrected chi connectivity index (χ1v) is 6.32. The van der Waals surface area contributed by atoms with Gasteiger partial charge in [-0.3, -0.25) is 4.79 Å². The van der Waals surface area contributed by atoms with E-state index < -0.39 is 0 Å². The molecule has 100 valence electrons. The number of rotatable bonds is 5. The molecule has 2 rings (SSSR count). The summed E-state index contributed by atoms with van der Waals surface area (Å²) >= 11 is 1.36. The Hall–Kier alpha value is -2.08. The number of carbonyl (C=O) groups is 1. The van der Waals surface area contributed by atoms with Crippen molar-refractivity contribution < 1.29 is 19.0 Å². The zero-order valence-corrected chi connectivity index (χ0v) is 11.6. The third kappa shape index (κ3) is 2.53. The van der Waals surface area contributed by atoms with Crippen LogP contribution in [0, 0.1) is 0 Å². The van der Waals surface area contributed by atoms with Gasteiger partial charge in [0.15, 0.2) is 6.29 Å². The second-order valence-electron chi connectivity index (χ2n) is 3.60. The standard InChI is InChI=1S/C13H13NO4S/c1-16-9-4-10(17-2)12(11(5-9)18-3)13-14-8(6-15)7-19-13/h4-7H,1-3H3. The van der Waals surface area contributed by atoms with E-state index in [9.17, 15) is 4.79 Å². The summed E-state index contributed by atoms with van der Waals surface area (Å²) in [6, 6.07) is 3.50. The maximum Gasteiger partial charge on any atom is 0.169 e. The average Bonchev–Trinajstić information content (AvgIpc) is 2.94. The lowest BCUT2D eigenvalue weighted by atomic mass is 10.1. The van der Waals surface area contributed by atoms with Crippen LogP contribution in [0.3, 0.4) is 0 Å². The zero-order chi connectivity index (χ0) is 13.8. The molecular weight excluding hydrogens is 266 g/mol. The first kappa shape index (κ1) is 13.4. The fourth-order valence-corrected chi connectivity index (χ4v) is 2.49. The van der Waals surface area contributed by atoms with Gasteiger partial charge >= 0.3 is 0 Å². The van der Waals surface area contributed by atoms with Crippen molar-refractivity contribution in [2.24, 2.45) is 0 Å². The quantitative estimate of drug-likeness (QED) is 0.787. The smallest absolute Gasteiger partial charge is 0.169 e. The Morgan fingerprint density at radius 3 is 2.16 bits per heavy atom. The Kier molecular flexibility index (Phi) is 4.01. The van der Waals surface area contributed by atoms with E-state index in [2.05, 4.69) is 4.98 Å². The minimum atomic E-state index is 0.389. The van der Waals surface area contributed by atoms with Crippen molar-refractivity contribution in [3.05, 3.63) is 23.2 Å². The van der Waals surface area contributed by atoms with Crippen molar-refractivity contribution in [3.63, 3.8) is 0 Å². The van der Waals surface area contributed by atoms with E-state index in [0.717, 1.165) is 0 Å². The van der Waals surface area contributed by atoms with Gasteiger partial charge in [-0.1, -0.05) is 0 Å². The summed E-state index contributed by atoms with van der Waals surface area (Å²) in [5.74, 6) is 1.80. The molecule has 0 saturated carbocycles. The second kappa shape index (κ2) is 5.71. The summed E-state index contributed by atoms with van der Waals surface area (Å²) < 4.78 is 15.9. The Labute approximate surface area is 114 Å². The van der Waals surface area contributed by atoms with Gasteiger partial charge < -0.3 is 14.2 Å². The normalized spacial score (nSPS) is 10.1. The highest BCUT2D eigenvalue weighted by atomic mass is 32.1. The van der Waals surface area contributed by atoms with E-state index in [-0.39, 0.29) is 0 Å². The van der Waals surface area contributed by atoms with E-state index in [1.165, 1.54) is 11.3 Å². The van der Waals surface area contributed by atoms with Crippen LogP contribution < -0.4 is 14.2 Å². The number of benzene rings is 1. The summed E-state index contributed by atoms with van der Waals surface area (Å²) in [5, 5.41) is 2.35. The molecule has 0 spiro atoms. The van der Waals surface area contributed by atoms with Crippen LogP contribution in [-0.2, 0) is 0 Å². The van der Waals surface area contributed by atoms with Crippen molar-refractivity contribution in [2.75, 3.05) is 21.3 Å².